The lowest BCUT2D eigenvalue weighted by Crippen LogP contribution is -2.17. The van der Waals surface area contributed by atoms with Crippen LogP contribution in [-0.4, -0.2) is 9.97 Å². The van der Waals surface area contributed by atoms with Gasteiger partial charge < -0.3 is 4.98 Å². The monoisotopic (exact) mass is 208 g/mol. The zero-order valence-electron chi connectivity index (χ0n) is 10.6. The number of H-pyrrole nitrogens is 1. The smallest absolute Gasteiger partial charge is 0.106 e. The second kappa shape index (κ2) is 5.34. The van der Waals surface area contributed by atoms with Gasteiger partial charge in [-0.2, -0.15) is 0 Å². The zero-order valence-corrected chi connectivity index (χ0v) is 10.6. The van der Waals surface area contributed by atoms with Crippen LogP contribution in [-0.2, 0) is 11.8 Å². The molecule has 0 fully saturated rings. The first-order valence-corrected chi connectivity index (χ1v) is 6.14. The first-order valence-electron chi connectivity index (χ1n) is 6.14. The molecule has 0 aliphatic rings. The quantitative estimate of drug-likeness (QED) is 0.756. The number of aryl methyl sites for hydroxylation is 1. The van der Waals surface area contributed by atoms with Gasteiger partial charge in [0.1, 0.15) is 5.82 Å². The van der Waals surface area contributed by atoms with Gasteiger partial charge in [-0.05, 0) is 12.8 Å². The summed E-state index contributed by atoms with van der Waals surface area (Å²) >= 11 is 0. The molecule has 0 spiro atoms. The fraction of sp³-hybridized carbons (Fsp3) is 0.769. The summed E-state index contributed by atoms with van der Waals surface area (Å²) < 4.78 is 0. The molecule has 2 nitrogen and oxygen atoms in total. The molecule has 1 heterocycles. The summed E-state index contributed by atoms with van der Waals surface area (Å²) in [6.45, 7) is 9.02. The van der Waals surface area contributed by atoms with Crippen molar-refractivity contribution < 1.29 is 0 Å². The van der Waals surface area contributed by atoms with E-state index in [4.69, 9.17) is 0 Å². The van der Waals surface area contributed by atoms with E-state index in [9.17, 15) is 0 Å². The van der Waals surface area contributed by atoms with E-state index in [1.807, 2.05) is 6.20 Å². The highest BCUT2D eigenvalue weighted by molar-refractivity contribution is 5.12. The predicted molar refractivity (Wildman–Crippen MR) is 65.1 cm³/mol. The van der Waals surface area contributed by atoms with E-state index in [-0.39, 0.29) is 5.41 Å². The number of unbranched alkanes of at least 4 members (excludes halogenated alkanes) is 1. The fourth-order valence-corrected chi connectivity index (χ4v) is 1.94. The summed E-state index contributed by atoms with van der Waals surface area (Å²) in [7, 11) is 0. The van der Waals surface area contributed by atoms with Crippen LogP contribution in [0.25, 0.3) is 0 Å². The molecule has 1 aromatic heterocycles. The third-order valence-electron chi connectivity index (χ3n) is 3.00. The molecule has 0 amide bonds. The topological polar surface area (TPSA) is 28.7 Å². The Bertz CT molecular complexity index is 286. The van der Waals surface area contributed by atoms with Crippen molar-refractivity contribution in [2.45, 2.75) is 65.2 Å². The first-order chi connectivity index (χ1) is 7.10. The highest BCUT2D eigenvalue weighted by atomic mass is 14.9. The Hall–Kier alpha value is -0.790. The second-order valence-electron chi connectivity index (χ2n) is 4.98. The molecule has 2 heteroatoms. The van der Waals surface area contributed by atoms with Gasteiger partial charge >= 0.3 is 0 Å². The van der Waals surface area contributed by atoms with E-state index < -0.39 is 0 Å². The molecule has 86 valence electrons. The summed E-state index contributed by atoms with van der Waals surface area (Å²) in [5.74, 6) is 1.15. The Balaban J connectivity index is 2.66. The molecule has 0 atom stereocenters. The molecule has 0 bridgehead atoms. The Labute approximate surface area is 93.5 Å². The Morgan fingerprint density at radius 2 is 2.00 bits per heavy atom. The van der Waals surface area contributed by atoms with E-state index in [0.717, 1.165) is 12.2 Å². The van der Waals surface area contributed by atoms with Crippen molar-refractivity contribution in [1.82, 2.24) is 9.97 Å². The van der Waals surface area contributed by atoms with Crippen molar-refractivity contribution in [3.63, 3.8) is 0 Å². The summed E-state index contributed by atoms with van der Waals surface area (Å²) in [5.41, 5.74) is 1.53. The minimum Gasteiger partial charge on any atom is -0.345 e. The van der Waals surface area contributed by atoms with Crippen LogP contribution in [0.3, 0.4) is 0 Å². The van der Waals surface area contributed by atoms with Gasteiger partial charge in [-0.1, -0.05) is 40.5 Å². The van der Waals surface area contributed by atoms with Crippen molar-refractivity contribution in [2.24, 2.45) is 0 Å². The maximum atomic E-state index is 4.45. The fourth-order valence-electron chi connectivity index (χ4n) is 1.94. The number of rotatable bonds is 6. The first kappa shape index (κ1) is 12.3. The van der Waals surface area contributed by atoms with Gasteiger partial charge in [0.2, 0.25) is 0 Å². The highest BCUT2D eigenvalue weighted by Gasteiger charge is 2.21. The molecular weight excluding hydrogens is 184 g/mol. The average Bonchev–Trinajstić information content (AvgIpc) is 2.63. The van der Waals surface area contributed by atoms with E-state index in [1.165, 1.54) is 31.4 Å². The highest BCUT2D eigenvalue weighted by Crippen LogP contribution is 2.26. The van der Waals surface area contributed by atoms with Crippen LogP contribution in [0.5, 0.6) is 0 Å². The van der Waals surface area contributed by atoms with Gasteiger partial charge in [0, 0.05) is 23.7 Å². The number of nitrogens with one attached hydrogen (secondary N) is 1. The third kappa shape index (κ3) is 3.37. The van der Waals surface area contributed by atoms with Crippen LogP contribution in [0.1, 0.15) is 64.9 Å². The summed E-state index contributed by atoms with van der Waals surface area (Å²) in [5, 5.41) is 0. The normalized spacial score (nSPS) is 12.0. The maximum absolute atomic E-state index is 4.45. The molecule has 15 heavy (non-hydrogen) atoms. The average molecular weight is 208 g/mol. The zero-order chi connectivity index (χ0) is 11.3. The van der Waals surface area contributed by atoms with Crippen molar-refractivity contribution in [3.8, 4) is 0 Å². The summed E-state index contributed by atoms with van der Waals surface area (Å²) in [6, 6.07) is 0. The van der Waals surface area contributed by atoms with Gasteiger partial charge in [-0.3, -0.25) is 0 Å². The Morgan fingerprint density at radius 1 is 1.27 bits per heavy atom. The molecule has 0 aromatic carbocycles. The van der Waals surface area contributed by atoms with Crippen LogP contribution in [0.2, 0.25) is 0 Å². The lowest BCUT2D eigenvalue weighted by Gasteiger charge is -2.21. The van der Waals surface area contributed by atoms with Gasteiger partial charge in [-0.15, -0.1) is 0 Å². The molecule has 0 unspecified atom stereocenters. The van der Waals surface area contributed by atoms with Gasteiger partial charge in [-0.25, -0.2) is 4.98 Å². The number of imidazole rings is 1. The molecule has 0 aliphatic heterocycles. The number of hydrogen-bond donors (Lipinski definition) is 1. The molecule has 1 rings (SSSR count). The predicted octanol–water partition coefficient (Wildman–Crippen LogP) is 3.83. The van der Waals surface area contributed by atoms with Crippen molar-refractivity contribution in [1.29, 1.82) is 0 Å². The Kier molecular flexibility index (Phi) is 4.37. The number of nitrogens with zero attached hydrogens (tertiary/aromatic N) is 1. The van der Waals surface area contributed by atoms with Crippen LogP contribution < -0.4 is 0 Å². The van der Waals surface area contributed by atoms with Crippen molar-refractivity contribution >= 4 is 0 Å². The molecule has 0 aliphatic carbocycles. The van der Waals surface area contributed by atoms with Crippen LogP contribution in [0.4, 0.5) is 0 Å². The molecule has 1 aromatic rings. The third-order valence-corrected chi connectivity index (χ3v) is 3.00. The molecule has 1 N–H and O–H groups in total. The van der Waals surface area contributed by atoms with E-state index in [0.29, 0.717) is 0 Å². The van der Waals surface area contributed by atoms with Gasteiger partial charge in [0.25, 0.3) is 0 Å². The van der Waals surface area contributed by atoms with Crippen molar-refractivity contribution in [3.05, 3.63) is 17.7 Å². The lowest BCUT2D eigenvalue weighted by atomic mass is 9.85. The van der Waals surface area contributed by atoms with E-state index in [1.54, 1.807) is 0 Å². The standard InChI is InChI=1S/C13H24N2/c1-5-7-8-12-14-10-11(15-12)13(3,4)9-6-2/h10H,5-9H2,1-4H3,(H,14,15). The van der Waals surface area contributed by atoms with Gasteiger partial charge in [0.15, 0.2) is 0 Å². The van der Waals surface area contributed by atoms with E-state index >= 15 is 0 Å². The Morgan fingerprint density at radius 3 is 2.60 bits per heavy atom. The van der Waals surface area contributed by atoms with Crippen LogP contribution in [0, 0.1) is 0 Å². The van der Waals surface area contributed by atoms with Crippen LogP contribution in [0.15, 0.2) is 6.20 Å². The molecule has 0 saturated heterocycles. The van der Waals surface area contributed by atoms with Gasteiger partial charge in [0.05, 0.1) is 0 Å². The van der Waals surface area contributed by atoms with E-state index in [2.05, 4.69) is 37.7 Å². The SMILES string of the molecule is CCCCc1ncc(C(C)(C)CCC)[nH]1. The number of hydrogen-bond acceptors (Lipinski definition) is 1. The molecular formula is C13H24N2. The largest absolute Gasteiger partial charge is 0.345 e. The summed E-state index contributed by atoms with van der Waals surface area (Å²) in [6.07, 6.45) is 7.98. The summed E-state index contributed by atoms with van der Waals surface area (Å²) in [4.78, 5) is 7.91. The number of aromatic nitrogens is 2. The minimum absolute atomic E-state index is 0.242. The van der Waals surface area contributed by atoms with Crippen molar-refractivity contribution in [2.75, 3.05) is 0 Å². The molecule has 0 saturated carbocycles. The maximum Gasteiger partial charge on any atom is 0.106 e. The minimum atomic E-state index is 0.242. The molecule has 0 radical (unpaired) electrons. The number of aromatic amines is 1. The lowest BCUT2D eigenvalue weighted by molar-refractivity contribution is 0.460. The second-order valence-corrected chi connectivity index (χ2v) is 4.98. The van der Waals surface area contributed by atoms with Crippen LogP contribution >= 0.6 is 0 Å².